The fourth-order valence-electron chi connectivity index (χ4n) is 2.06. The molecule has 0 aliphatic carbocycles. The molecule has 2 aromatic carbocycles. The average molecular weight is 363 g/mol. The molecule has 3 rings (SSSR count). The van der Waals surface area contributed by atoms with Gasteiger partial charge in [0, 0.05) is 17.2 Å². The lowest BCUT2D eigenvalue weighted by Crippen LogP contribution is -2.12. The maximum Gasteiger partial charge on any atom is 0.307 e. The van der Waals surface area contributed by atoms with Crippen LogP contribution in [0, 0.1) is 0 Å². The molecule has 106 valence electrons. The molecular weight excluding hydrogens is 352 g/mol. The fraction of sp³-hybridized carbons (Fsp3) is 0.0667. The Balaban J connectivity index is 1.93. The van der Waals surface area contributed by atoms with Crippen LogP contribution < -0.4 is 10.2 Å². The number of aromatic nitrogens is 1. The van der Waals surface area contributed by atoms with Crippen molar-refractivity contribution in [2.45, 2.75) is 0 Å². The third kappa shape index (κ3) is 2.64. The zero-order valence-electron chi connectivity index (χ0n) is 11.1. The normalized spacial score (nSPS) is 10.8. The second kappa shape index (κ2) is 5.46. The van der Waals surface area contributed by atoms with Crippen LogP contribution in [-0.4, -0.2) is 10.5 Å². The maximum atomic E-state index is 12.2. The Bertz CT molecular complexity index is 898. The van der Waals surface area contributed by atoms with Gasteiger partial charge < -0.3 is 9.88 Å². The molecule has 0 radical (unpaired) electrons. The molecule has 0 unspecified atom stereocenters. The summed E-state index contributed by atoms with van der Waals surface area (Å²) in [5, 5.41) is 2.85. The van der Waals surface area contributed by atoms with Crippen LogP contribution >= 0.6 is 27.3 Å². The summed E-state index contributed by atoms with van der Waals surface area (Å²) in [6.07, 6.45) is 0. The lowest BCUT2D eigenvalue weighted by atomic mass is 10.2. The first-order valence-corrected chi connectivity index (χ1v) is 7.82. The molecule has 1 amide bonds. The number of fused-ring (bicyclic) bond motifs is 1. The summed E-state index contributed by atoms with van der Waals surface area (Å²) in [7, 11) is 1.74. The van der Waals surface area contributed by atoms with Gasteiger partial charge in [0.05, 0.1) is 15.8 Å². The molecule has 1 N–H and O–H groups in total. The van der Waals surface area contributed by atoms with Crippen LogP contribution in [0.4, 0.5) is 5.69 Å². The Kier molecular flexibility index (Phi) is 3.65. The highest BCUT2D eigenvalue weighted by Crippen LogP contribution is 2.23. The second-order valence-corrected chi connectivity index (χ2v) is 6.39. The summed E-state index contributed by atoms with van der Waals surface area (Å²) >= 11 is 4.53. The number of halogens is 1. The zero-order valence-corrected chi connectivity index (χ0v) is 13.5. The highest BCUT2D eigenvalue weighted by molar-refractivity contribution is 9.10. The van der Waals surface area contributed by atoms with Crippen LogP contribution in [0.2, 0.25) is 0 Å². The van der Waals surface area contributed by atoms with Crippen molar-refractivity contribution in [1.29, 1.82) is 0 Å². The van der Waals surface area contributed by atoms with E-state index in [1.54, 1.807) is 23.7 Å². The summed E-state index contributed by atoms with van der Waals surface area (Å²) in [6.45, 7) is 0. The number of anilines is 1. The number of carbonyl (C=O) groups excluding carboxylic acids is 1. The van der Waals surface area contributed by atoms with Crippen LogP contribution in [0.5, 0.6) is 0 Å². The van der Waals surface area contributed by atoms with Crippen molar-refractivity contribution in [2.24, 2.45) is 7.05 Å². The summed E-state index contributed by atoms with van der Waals surface area (Å²) in [6, 6.07) is 12.7. The van der Waals surface area contributed by atoms with E-state index in [4.69, 9.17) is 0 Å². The Hall–Kier alpha value is -1.92. The van der Waals surface area contributed by atoms with Crippen molar-refractivity contribution in [1.82, 2.24) is 4.57 Å². The highest BCUT2D eigenvalue weighted by atomic mass is 79.9. The van der Waals surface area contributed by atoms with Crippen LogP contribution in [0.15, 0.2) is 51.7 Å². The van der Waals surface area contributed by atoms with Crippen LogP contribution in [0.1, 0.15) is 10.4 Å². The van der Waals surface area contributed by atoms with Gasteiger partial charge in [0.15, 0.2) is 0 Å². The Morgan fingerprint density at radius 3 is 2.76 bits per heavy atom. The standard InChI is InChI=1S/C15H11BrN2O2S/c1-18-12-7-6-9(8-13(12)21-15(18)20)17-14(19)10-4-2-3-5-11(10)16/h2-8H,1H3,(H,17,19). The summed E-state index contributed by atoms with van der Waals surface area (Å²) < 4.78 is 3.19. The number of aryl methyl sites for hydroxylation is 1. The molecule has 0 bridgehead atoms. The molecule has 1 aromatic heterocycles. The van der Waals surface area contributed by atoms with E-state index >= 15 is 0 Å². The smallest absolute Gasteiger partial charge is 0.307 e. The molecule has 21 heavy (non-hydrogen) atoms. The van der Waals surface area contributed by atoms with Crippen molar-refractivity contribution in [3.8, 4) is 0 Å². The van der Waals surface area contributed by atoms with Gasteiger partial charge in [0.1, 0.15) is 0 Å². The molecule has 0 fully saturated rings. The SMILES string of the molecule is Cn1c(=O)sc2cc(NC(=O)c3ccccc3Br)ccc21. The van der Waals surface area contributed by atoms with E-state index in [-0.39, 0.29) is 10.8 Å². The van der Waals surface area contributed by atoms with Crippen molar-refractivity contribution in [2.75, 3.05) is 5.32 Å². The Labute approximate surface area is 133 Å². The quantitative estimate of drug-likeness (QED) is 0.756. The minimum absolute atomic E-state index is 0.0146. The van der Waals surface area contributed by atoms with Gasteiger partial charge in [-0.15, -0.1) is 0 Å². The van der Waals surface area contributed by atoms with Gasteiger partial charge >= 0.3 is 4.87 Å². The minimum atomic E-state index is -0.190. The Morgan fingerprint density at radius 2 is 2.00 bits per heavy atom. The molecule has 0 aliphatic rings. The number of hydrogen-bond acceptors (Lipinski definition) is 3. The molecule has 0 saturated heterocycles. The fourth-order valence-corrected chi connectivity index (χ4v) is 3.44. The predicted molar refractivity (Wildman–Crippen MR) is 89.2 cm³/mol. The molecule has 0 saturated carbocycles. The lowest BCUT2D eigenvalue weighted by molar-refractivity contribution is 0.102. The first kappa shape index (κ1) is 14.0. The lowest BCUT2D eigenvalue weighted by Gasteiger charge is -2.07. The van der Waals surface area contributed by atoms with Gasteiger partial charge in [-0.2, -0.15) is 0 Å². The summed E-state index contributed by atoms with van der Waals surface area (Å²) in [4.78, 5) is 23.8. The number of thiazole rings is 1. The number of rotatable bonds is 2. The largest absolute Gasteiger partial charge is 0.322 e. The molecule has 0 spiro atoms. The number of hydrogen-bond donors (Lipinski definition) is 1. The first-order chi connectivity index (χ1) is 10.1. The van der Waals surface area contributed by atoms with Crippen LogP contribution in [0.25, 0.3) is 10.2 Å². The molecule has 6 heteroatoms. The van der Waals surface area contributed by atoms with Crippen molar-refractivity contribution in [3.63, 3.8) is 0 Å². The molecule has 3 aromatic rings. The van der Waals surface area contributed by atoms with Gasteiger partial charge in [-0.3, -0.25) is 9.59 Å². The zero-order chi connectivity index (χ0) is 15.0. The van der Waals surface area contributed by atoms with Crippen molar-refractivity contribution >= 4 is 49.1 Å². The number of nitrogens with zero attached hydrogens (tertiary/aromatic N) is 1. The number of amides is 1. The third-order valence-electron chi connectivity index (χ3n) is 3.17. The second-order valence-electron chi connectivity index (χ2n) is 4.54. The van der Waals surface area contributed by atoms with Crippen LogP contribution in [0.3, 0.4) is 0 Å². The topological polar surface area (TPSA) is 51.1 Å². The van der Waals surface area contributed by atoms with Crippen molar-refractivity contribution < 1.29 is 4.79 Å². The number of benzene rings is 2. The van der Waals surface area contributed by atoms with Gasteiger partial charge in [-0.25, -0.2) is 0 Å². The average Bonchev–Trinajstić information content (AvgIpc) is 2.74. The predicted octanol–water partition coefficient (Wildman–Crippen LogP) is 3.61. The van der Waals surface area contributed by atoms with Gasteiger partial charge in [0.2, 0.25) is 0 Å². The molecular formula is C15H11BrN2O2S. The maximum absolute atomic E-state index is 12.2. The summed E-state index contributed by atoms with van der Waals surface area (Å²) in [5.74, 6) is -0.190. The van der Waals surface area contributed by atoms with E-state index in [1.165, 1.54) is 11.3 Å². The van der Waals surface area contributed by atoms with E-state index in [1.807, 2.05) is 30.3 Å². The highest BCUT2D eigenvalue weighted by Gasteiger charge is 2.11. The van der Waals surface area contributed by atoms with E-state index in [0.29, 0.717) is 11.3 Å². The monoisotopic (exact) mass is 362 g/mol. The van der Waals surface area contributed by atoms with Crippen LogP contribution in [-0.2, 0) is 7.05 Å². The van der Waals surface area contributed by atoms with Gasteiger partial charge in [0.25, 0.3) is 5.91 Å². The van der Waals surface area contributed by atoms with E-state index in [2.05, 4.69) is 21.2 Å². The number of nitrogens with one attached hydrogen (secondary N) is 1. The minimum Gasteiger partial charge on any atom is -0.322 e. The van der Waals surface area contributed by atoms with Gasteiger partial charge in [-0.1, -0.05) is 23.5 Å². The van der Waals surface area contributed by atoms with E-state index in [9.17, 15) is 9.59 Å². The summed E-state index contributed by atoms with van der Waals surface area (Å²) in [5.41, 5.74) is 2.10. The van der Waals surface area contributed by atoms with E-state index < -0.39 is 0 Å². The first-order valence-electron chi connectivity index (χ1n) is 6.22. The third-order valence-corrected chi connectivity index (χ3v) is 4.86. The molecule has 0 aliphatic heterocycles. The molecule has 0 atom stereocenters. The van der Waals surface area contributed by atoms with Crippen molar-refractivity contribution in [3.05, 3.63) is 62.2 Å². The molecule has 4 nitrogen and oxygen atoms in total. The molecule has 1 heterocycles. The Morgan fingerprint density at radius 1 is 1.24 bits per heavy atom. The van der Waals surface area contributed by atoms with Gasteiger partial charge in [-0.05, 0) is 46.3 Å². The number of carbonyl (C=O) groups is 1. The van der Waals surface area contributed by atoms with E-state index in [0.717, 1.165) is 14.7 Å².